The van der Waals surface area contributed by atoms with E-state index < -0.39 is 0 Å². The highest BCUT2D eigenvalue weighted by atomic mass is 16.2. The van der Waals surface area contributed by atoms with Crippen LogP contribution in [0.15, 0.2) is 36.7 Å². The lowest BCUT2D eigenvalue weighted by atomic mass is 10.2. The SMILES string of the molecule is CC(=O)Nc1ccc(C(=O)Nc2cnn(C)c2)cc1. The quantitative estimate of drug-likeness (QED) is 0.878. The zero-order valence-corrected chi connectivity index (χ0v) is 10.7. The molecular weight excluding hydrogens is 244 g/mol. The summed E-state index contributed by atoms with van der Waals surface area (Å²) in [6, 6.07) is 6.66. The van der Waals surface area contributed by atoms with Gasteiger partial charge in [0.05, 0.1) is 11.9 Å². The Morgan fingerprint density at radius 3 is 2.32 bits per heavy atom. The second kappa shape index (κ2) is 5.34. The van der Waals surface area contributed by atoms with Crippen LogP contribution < -0.4 is 10.6 Å². The minimum Gasteiger partial charge on any atom is -0.326 e. The number of amides is 2. The van der Waals surface area contributed by atoms with Crippen LogP contribution in [0.5, 0.6) is 0 Å². The smallest absolute Gasteiger partial charge is 0.255 e. The van der Waals surface area contributed by atoms with Gasteiger partial charge in [0.25, 0.3) is 5.91 Å². The number of aryl methyl sites for hydroxylation is 1. The van der Waals surface area contributed by atoms with Crippen molar-refractivity contribution in [3.05, 3.63) is 42.2 Å². The standard InChI is InChI=1S/C13H14N4O2/c1-9(18)15-11-5-3-10(4-6-11)13(19)16-12-7-14-17(2)8-12/h3-8H,1-2H3,(H,15,18)(H,16,19). The van der Waals surface area contributed by atoms with Gasteiger partial charge in [-0.05, 0) is 24.3 Å². The molecule has 2 rings (SSSR count). The van der Waals surface area contributed by atoms with Crippen LogP contribution in [0.2, 0.25) is 0 Å². The van der Waals surface area contributed by atoms with E-state index in [9.17, 15) is 9.59 Å². The van der Waals surface area contributed by atoms with Gasteiger partial charge in [0, 0.05) is 31.4 Å². The number of aromatic nitrogens is 2. The molecule has 0 radical (unpaired) electrons. The summed E-state index contributed by atoms with van der Waals surface area (Å²) in [6.45, 7) is 1.43. The number of anilines is 2. The van der Waals surface area contributed by atoms with Crippen LogP contribution in [-0.4, -0.2) is 21.6 Å². The van der Waals surface area contributed by atoms with E-state index in [4.69, 9.17) is 0 Å². The molecule has 6 nitrogen and oxygen atoms in total. The molecule has 0 saturated carbocycles. The molecule has 2 N–H and O–H groups in total. The van der Waals surface area contributed by atoms with Crippen molar-refractivity contribution in [2.45, 2.75) is 6.92 Å². The van der Waals surface area contributed by atoms with E-state index in [1.54, 1.807) is 48.4 Å². The highest BCUT2D eigenvalue weighted by Crippen LogP contribution is 2.12. The van der Waals surface area contributed by atoms with E-state index in [0.29, 0.717) is 16.9 Å². The number of carbonyl (C=O) groups is 2. The molecule has 0 saturated heterocycles. The molecular formula is C13H14N4O2. The average molecular weight is 258 g/mol. The molecule has 1 aromatic carbocycles. The Bertz CT molecular complexity index is 601. The highest BCUT2D eigenvalue weighted by Gasteiger charge is 2.07. The van der Waals surface area contributed by atoms with Gasteiger partial charge in [-0.1, -0.05) is 0 Å². The molecule has 6 heteroatoms. The minimum atomic E-state index is -0.220. The predicted octanol–water partition coefficient (Wildman–Crippen LogP) is 1.63. The Morgan fingerprint density at radius 1 is 1.11 bits per heavy atom. The van der Waals surface area contributed by atoms with Gasteiger partial charge in [-0.25, -0.2) is 0 Å². The van der Waals surface area contributed by atoms with Crippen molar-refractivity contribution in [3.8, 4) is 0 Å². The van der Waals surface area contributed by atoms with E-state index >= 15 is 0 Å². The lowest BCUT2D eigenvalue weighted by Crippen LogP contribution is -2.12. The first-order valence-corrected chi connectivity index (χ1v) is 5.72. The van der Waals surface area contributed by atoms with Crippen LogP contribution in [-0.2, 0) is 11.8 Å². The zero-order valence-electron chi connectivity index (χ0n) is 10.7. The normalized spacial score (nSPS) is 10.0. The van der Waals surface area contributed by atoms with Crippen molar-refractivity contribution in [1.29, 1.82) is 0 Å². The molecule has 1 aromatic heterocycles. The second-order valence-corrected chi connectivity index (χ2v) is 4.12. The van der Waals surface area contributed by atoms with E-state index in [2.05, 4.69) is 15.7 Å². The first-order chi connectivity index (χ1) is 9.04. The van der Waals surface area contributed by atoms with Gasteiger partial charge >= 0.3 is 0 Å². The van der Waals surface area contributed by atoms with E-state index in [-0.39, 0.29) is 11.8 Å². The summed E-state index contributed by atoms with van der Waals surface area (Å²) < 4.78 is 1.61. The third-order valence-electron chi connectivity index (χ3n) is 2.43. The molecule has 98 valence electrons. The predicted molar refractivity (Wildman–Crippen MR) is 71.9 cm³/mol. The summed E-state index contributed by atoms with van der Waals surface area (Å²) in [5.74, 6) is -0.366. The van der Waals surface area contributed by atoms with E-state index in [1.807, 2.05) is 0 Å². The van der Waals surface area contributed by atoms with Crippen LogP contribution in [0.1, 0.15) is 17.3 Å². The first kappa shape index (κ1) is 12.8. The maximum atomic E-state index is 11.9. The fourth-order valence-corrected chi connectivity index (χ4v) is 1.60. The third-order valence-corrected chi connectivity index (χ3v) is 2.43. The summed E-state index contributed by atoms with van der Waals surface area (Å²) in [6.07, 6.45) is 3.28. The minimum absolute atomic E-state index is 0.146. The van der Waals surface area contributed by atoms with Gasteiger partial charge in [0.1, 0.15) is 0 Å². The molecule has 0 fully saturated rings. The molecule has 0 aliphatic heterocycles. The first-order valence-electron chi connectivity index (χ1n) is 5.72. The van der Waals surface area contributed by atoms with Crippen LogP contribution >= 0.6 is 0 Å². The fraction of sp³-hybridized carbons (Fsp3) is 0.154. The molecule has 0 aliphatic rings. The molecule has 2 amide bonds. The van der Waals surface area contributed by atoms with Gasteiger partial charge in [0.15, 0.2) is 0 Å². The number of benzene rings is 1. The Balaban J connectivity index is 2.05. The maximum Gasteiger partial charge on any atom is 0.255 e. The Morgan fingerprint density at radius 2 is 1.79 bits per heavy atom. The highest BCUT2D eigenvalue weighted by molar-refractivity contribution is 6.04. The van der Waals surface area contributed by atoms with Crippen LogP contribution in [0.4, 0.5) is 11.4 Å². The Labute approximate surface area is 110 Å². The summed E-state index contributed by atoms with van der Waals surface area (Å²) >= 11 is 0. The zero-order chi connectivity index (χ0) is 13.8. The summed E-state index contributed by atoms with van der Waals surface area (Å²) in [4.78, 5) is 22.8. The summed E-state index contributed by atoms with van der Waals surface area (Å²) in [7, 11) is 1.78. The van der Waals surface area contributed by atoms with Gasteiger partial charge in [-0.2, -0.15) is 5.10 Å². The van der Waals surface area contributed by atoms with Crippen LogP contribution in [0, 0.1) is 0 Å². The molecule has 0 bridgehead atoms. The lowest BCUT2D eigenvalue weighted by molar-refractivity contribution is -0.114. The molecule has 1 heterocycles. The third kappa shape index (κ3) is 3.41. The number of carbonyl (C=O) groups excluding carboxylic acids is 2. The second-order valence-electron chi connectivity index (χ2n) is 4.12. The van der Waals surface area contributed by atoms with Gasteiger partial charge < -0.3 is 10.6 Å². The van der Waals surface area contributed by atoms with Crippen molar-refractivity contribution in [1.82, 2.24) is 9.78 Å². The Kier molecular flexibility index (Phi) is 3.61. The average Bonchev–Trinajstić information content (AvgIpc) is 2.75. The number of nitrogens with one attached hydrogen (secondary N) is 2. The fourth-order valence-electron chi connectivity index (χ4n) is 1.60. The van der Waals surface area contributed by atoms with Crippen molar-refractivity contribution < 1.29 is 9.59 Å². The number of hydrogen-bond donors (Lipinski definition) is 2. The van der Waals surface area contributed by atoms with Crippen LogP contribution in [0.3, 0.4) is 0 Å². The van der Waals surface area contributed by atoms with Crippen LogP contribution in [0.25, 0.3) is 0 Å². The molecule has 0 unspecified atom stereocenters. The Hall–Kier alpha value is -2.63. The number of rotatable bonds is 3. The van der Waals surface area contributed by atoms with E-state index in [1.165, 1.54) is 6.92 Å². The summed E-state index contributed by atoms with van der Waals surface area (Å²) in [5.41, 5.74) is 1.81. The van der Waals surface area contributed by atoms with Gasteiger partial charge in [-0.3, -0.25) is 14.3 Å². The van der Waals surface area contributed by atoms with Crippen molar-refractivity contribution in [2.24, 2.45) is 7.05 Å². The van der Waals surface area contributed by atoms with E-state index in [0.717, 1.165) is 0 Å². The molecule has 0 spiro atoms. The monoisotopic (exact) mass is 258 g/mol. The number of nitrogens with zero attached hydrogens (tertiary/aromatic N) is 2. The number of hydrogen-bond acceptors (Lipinski definition) is 3. The molecule has 2 aromatic rings. The van der Waals surface area contributed by atoms with Gasteiger partial charge in [0.2, 0.25) is 5.91 Å². The topological polar surface area (TPSA) is 76.0 Å². The largest absolute Gasteiger partial charge is 0.326 e. The maximum absolute atomic E-state index is 11.9. The lowest BCUT2D eigenvalue weighted by Gasteiger charge is -2.04. The van der Waals surface area contributed by atoms with Gasteiger partial charge in [-0.15, -0.1) is 0 Å². The molecule has 19 heavy (non-hydrogen) atoms. The summed E-state index contributed by atoms with van der Waals surface area (Å²) in [5, 5.41) is 9.33. The van der Waals surface area contributed by atoms with Crippen molar-refractivity contribution in [2.75, 3.05) is 10.6 Å². The van der Waals surface area contributed by atoms with Crippen molar-refractivity contribution in [3.63, 3.8) is 0 Å². The molecule has 0 aliphatic carbocycles. The molecule has 0 atom stereocenters. The van der Waals surface area contributed by atoms with Crippen molar-refractivity contribution >= 4 is 23.2 Å².